The quantitative estimate of drug-likeness (QED) is 0.802. The maximum atomic E-state index is 11.2. The summed E-state index contributed by atoms with van der Waals surface area (Å²) in [5.41, 5.74) is 1.30. The third kappa shape index (κ3) is 2.33. The smallest absolute Gasteiger partial charge is 0.246 e. The number of hydrogen-bond donors (Lipinski definition) is 1. The lowest BCUT2D eigenvalue weighted by Gasteiger charge is -2.25. The molecule has 1 N–H and O–H groups in total. The number of fused-ring (bicyclic) bond motifs is 1. The number of ether oxygens (including phenoxy) is 1. The van der Waals surface area contributed by atoms with Crippen LogP contribution >= 0.6 is 0 Å². The van der Waals surface area contributed by atoms with E-state index < -0.39 is 0 Å². The monoisotopic (exact) mass is 232 g/mol. The molecule has 17 heavy (non-hydrogen) atoms. The van der Waals surface area contributed by atoms with Crippen LogP contribution in [0.1, 0.15) is 5.56 Å². The van der Waals surface area contributed by atoms with Gasteiger partial charge in [-0.3, -0.25) is 9.69 Å². The Morgan fingerprint density at radius 3 is 2.94 bits per heavy atom. The van der Waals surface area contributed by atoms with Crippen molar-refractivity contribution >= 4 is 5.91 Å². The number of benzene rings is 1. The van der Waals surface area contributed by atoms with Gasteiger partial charge in [-0.25, -0.2) is 0 Å². The van der Waals surface area contributed by atoms with Crippen molar-refractivity contribution in [2.45, 2.75) is 18.7 Å². The van der Waals surface area contributed by atoms with E-state index in [2.05, 4.69) is 34.5 Å². The standard InChI is InChI=1S/C13H16N2O2/c16-13-9-17-12-8-15(7-11(12)14-13)6-10-4-2-1-3-5-10/h1-5,11-12H,6-9H2,(H,14,16)/t11-,12+/m0/s1. The number of nitrogens with zero attached hydrogens (tertiary/aromatic N) is 1. The van der Waals surface area contributed by atoms with Crippen LogP contribution in [0, 0.1) is 0 Å². The fourth-order valence-corrected chi connectivity index (χ4v) is 2.56. The third-order valence-electron chi connectivity index (χ3n) is 3.37. The number of amides is 1. The Labute approximate surface area is 101 Å². The maximum Gasteiger partial charge on any atom is 0.246 e. The second kappa shape index (κ2) is 4.47. The fraction of sp³-hybridized carbons (Fsp3) is 0.462. The van der Waals surface area contributed by atoms with Crippen LogP contribution in [0.4, 0.5) is 0 Å². The van der Waals surface area contributed by atoms with Gasteiger partial charge in [-0.1, -0.05) is 30.3 Å². The van der Waals surface area contributed by atoms with Gasteiger partial charge in [0.05, 0.1) is 12.1 Å². The number of carbonyl (C=O) groups is 1. The summed E-state index contributed by atoms with van der Waals surface area (Å²) in [6.45, 7) is 2.92. The summed E-state index contributed by atoms with van der Waals surface area (Å²) in [4.78, 5) is 13.5. The van der Waals surface area contributed by atoms with E-state index >= 15 is 0 Å². The summed E-state index contributed by atoms with van der Waals surface area (Å²) in [6, 6.07) is 10.5. The topological polar surface area (TPSA) is 41.6 Å². The molecular weight excluding hydrogens is 216 g/mol. The van der Waals surface area contributed by atoms with Crippen LogP contribution in [0.3, 0.4) is 0 Å². The molecule has 2 atom stereocenters. The third-order valence-corrected chi connectivity index (χ3v) is 3.37. The number of rotatable bonds is 2. The first-order valence-electron chi connectivity index (χ1n) is 5.98. The highest BCUT2D eigenvalue weighted by Crippen LogP contribution is 2.18. The predicted octanol–water partition coefficient (Wildman–Crippen LogP) is 0.386. The highest BCUT2D eigenvalue weighted by Gasteiger charge is 2.37. The largest absolute Gasteiger partial charge is 0.365 e. The minimum Gasteiger partial charge on any atom is -0.365 e. The average Bonchev–Trinajstić information content (AvgIpc) is 2.71. The maximum absolute atomic E-state index is 11.2. The Morgan fingerprint density at radius 2 is 2.12 bits per heavy atom. The van der Waals surface area contributed by atoms with Crippen molar-refractivity contribution in [3.8, 4) is 0 Å². The SMILES string of the molecule is O=C1CO[C@@H]2CN(Cc3ccccc3)C[C@@H]2N1. The summed E-state index contributed by atoms with van der Waals surface area (Å²) < 4.78 is 5.53. The molecule has 0 aromatic heterocycles. The van der Waals surface area contributed by atoms with Gasteiger partial charge in [0, 0.05) is 19.6 Å². The van der Waals surface area contributed by atoms with E-state index in [0.29, 0.717) is 0 Å². The first-order valence-corrected chi connectivity index (χ1v) is 5.98. The number of likely N-dealkylation sites (tertiary alicyclic amines) is 1. The molecule has 2 aliphatic rings. The lowest BCUT2D eigenvalue weighted by atomic mass is 10.2. The molecule has 1 amide bonds. The van der Waals surface area contributed by atoms with E-state index in [0.717, 1.165) is 19.6 Å². The summed E-state index contributed by atoms with van der Waals surface area (Å²) in [5.74, 6) is 0.00723. The van der Waals surface area contributed by atoms with E-state index in [4.69, 9.17) is 4.74 Å². The lowest BCUT2D eigenvalue weighted by Crippen LogP contribution is -2.50. The zero-order chi connectivity index (χ0) is 11.7. The van der Waals surface area contributed by atoms with Crippen LogP contribution in [0.2, 0.25) is 0 Å². The number of nitrogens with one attached hydrogen (secondary N) is 1. The summed E-state index contributed by atoms with van der Waals surface area (Å²) in [5, 5.41) is 2.99. The molecule has 1 aromatic carbocycles. The molecule has 90 valence electrons. The Kier molecular flexibility index (Phi) is 2.82. The van der Waals surface area contributed by atoms with Crippen molar-refractivity contribution in [3.63, 3.8) is 0 Å². The highest BCUT2D eigenvalue weighted by atomic mass is 16.5. The van der Waals surface area contributed by atoms with Crippen molar-refractivity contribution in [3.05, 3.63) is 35.9 Å². The molecule has 0 radical (unpaired) electrons. The number of morpholine rings is 1. The van der Waals surface area contributed by atoms with Gasteiger partial charge in [-0.05, 0) is 5.56 Å². The molecule has 2 saturated heterocycles. The molecule has 0 unspecified atom stereocenters. The fourth-order valence-electron chi connectivity index (χ4n) is 2.56. The van der Waals surface area contributed by atoms with Crippen molar-refractivity contribution < 1.29 is 9.53 Å². The minimum absolute atomic E-state index is 0.00723. The molecule has 1 aromatic rings. The van der Waals surface area contributed by atoms with E-state index in [1.54, 1.807) is 0 Å². The molecule has 0 spiro atoms. The predicted molar refractivity (Wildman–Crippen MR) is 63.4 cm³/mol. The Balaban J connectivity index is 1.62. The van der Waals surface area contributed by atoms with Crippen molar-refractivity contribution in [1.29, 1.82) is 0 Å². The van der Waals surface area contributed by atoms with Gasteiger partial charge >= 0.3 is 0 Å². The van der Waals surface area contributed by atoms with Crippen molar-refractivity contribution in [1.82, 2.24) is 10.2 Å². The Hall–Kier alpha value is -1.39. The normalized spacial score (nSPS) is 28.8. The highest BCUT2D eigenvalue weighted by molar-refractivity contribution is 5.78. The molecule has 2 aliphatic heterocycles. The van der Waals surface area contributed by atoms with E-state index in [-0.39, 0.29) is 24.7 Å². The van der Waals surface area contributed by atoms with Crippen LogP contribution < -0.4 is 5.32 Å². The molecular formula is C13H16N2O2. The van der Waals surface area contributed by atoms with Gasteiger partial charge < -0.3 is 10.1 Å². The lowest BCUT2D eigenvalue weighted by molar-refractivity contribution is -0.134. The van der Waals surface area contributed by atoms with Crippen molar-refractivity contribution in [2.75, 3.05) is 19.7 Å². The Morgan fingerprint density at radius 1 is 1.29 bits per heavy atom. The molecule has 3 rings (SSSR count). The first kappa shape index (κ1) is 10.7. The van der Waals surface area contributed by atoms with Gasteiger partial charge in [0.15, 0.2) is 0 Å². The molecule has 0 bridgehead atoms. The van der Waals surface area contributed by atoms with E-state index in [1.807, 2.05) is 6.07 Å². The summed E-state index contributed by atoms with van der Waals surface area (Å²) in [6.07, 6.45) is 0.163. The summed E-state index contributed by atoms with van der Waals surface area (Å²) in [7, 11) is 0. The van der Waals surface area contributed by atoms with Crippen LogP contribution in [0.15, 0.2) is 30.3 Å². The van der Waals surface area contributed by atoms with E-state index in [9.17, 15) is 4.79 Å². The summed E-state index contributed by atoms with van der Waals surface area (Å²) >= 11 is 0. The number of hydrogen-bond acceptors (Lipinski definition) is 3. The van der Waals surface area contributed by atoms with Gasteiger partial charge in [0.25, 0.3) is 0 Å². The van der Waals surface area contributed by atoms with Crippen LogP contribution in [-0.4, -0.2) is 42.6 Å². The molecule has 2 heterocycles. The first-order chi connectivity index (χ1) is 8.31. The number of carbonyl (C=O) groups excluding carboxylic acids is 1. The van der Waals surface area contributed by atoms with Crippen molar-refractivity contribution in [2.24, 2.45) is 0 Å². The van der Waals surface area contributed by atoms with Gasteiger partial charge in [0.1, 0.15) is 6.61 Å². The van der Waals surface area contributed by atoms with Gasteiger partial charge in [0.2, 0.25) is 5.91 Å². The van der Waals surface area contributed by atoms with Gasteiger partial charge in [-0.2, -0.15) is 0 Å². The minimum atomic E-state index is 0.00723. The molecule has 0 saturated carbocycles. The molecule has 2 fully saturated rings. The zero-order valence-electron chi connectivity index (χ0n) is 9.63. The molecule has 0 aliphatic carbocycles. The van der Waals surface area contributed by atoms with E-state index in [1.165, 1.54) is 5.56 Å². The second-order valence-corrected chi connectivity index (χ2v) is 4.70. The molecule has 4 nitrogen and oxygen atoms in total. The molecule has 4 heteroatoms. The average molecular weight is 232 g/mol. The van der Waals surface area contributed by atoms with Gasteiger partial charge in [-0.15, -0.1) is 0 Å². The van der Waals surface area contributed by atoms with Crippen LogP contribution in [0.5, 0.6) is 0 Å². The second-order valence-electron chi connectivity index (χ2n) is 4.70. The van der Waals surface area contributed by atoms with Crippen LogP contribution in [-0.2, 0) is 16.1 Å². The zero-order valence-corrected chi connectivity index (χ0v) is 9.63. The Bertz CT molecular complexity index is 407. The van der Waals surface area contributed by atoms with Crippen LogP contribution in [0.25, 0.3) is 0 Å².